The predicted octanol–water partition coefficient (Wildman–Crippen LogP) is -0.111. The van der Waals surface area contributed by atoms with Gasteiger partial charge in [0.1, 0.15) is 5.25 Å². The standard InChI is InChI=1S/C9H16N4O4S/c1-6(4-8(14)15)5-13-9(10-11-12-13)7(2)18(3,16)17/h6-7H,4-5H2,1-3H3,(H,14,15). The van der Waals surface area contributed by atoms with Crippen LogP contribution >= 0.6 is 0 Å². The van der Waals surface area contributed by atoms with Crippen molar-refractivity contribution >= 4 is 15.8 Å². The van der Waals surface area contributed by atoms with Crippen molar-refractivity contribution in [2.75, 3.05) is 6.26 Å². The molecule has 0 aromatic carbocycles. The minimum Gasteiger partial charge on any atom is -0.481 e. The van der Waals surface area contributed by atoms with E-state index < -0.39 is 21.1 Å². The Bertz CT molecular complexity index is 524. The molecule has 0 spiro atoms. The van der Waals surface area contributed by atoms with E-state index in [2.05, 4.69) is 15.5 Å². The number of aromatic nitrogens is 4. The smallest absolute Gasteiger partial charge is 0.303 e. The zero-order valence-corrected chi connectivity index (χ0v) is 11.3. The van der Waals surface area contributed by atoms with E-state index in [1.807, 2.05) is 0 Å². The van der Waals surface area contributed by atoms with Gasteiger partial charge in [0, 0.05) is 19.2 Å². The molecule has 102 valence electrons. The number of sulfone groups is 1. The highest BCUT2D eigenvalue weighted by molar-refractivity contribution is 7.90. The van der Waals surface area contributed by atoms with Crippen LogP contribution in [0.5, 0.6) is 0 Å². The highest BCUT2D eigenvalue weighted by Gasteiger charge is 2.24. The van der Waals surface area contributed by atoms with Crippen LogP contribution in [0.3, 0.4) is 0 Å². The first-order chi connectivity index (χ1) is 8.21. The molecule has 0 aliphatic rings. The SMILES string of the molecule is CC(CC(=O)O)Cn1nnnc1C(C)S(C)(=O)=O. The highest BCUT2D eigenvalue weighted by Crippen LogP contribution is 2.18. The van der Waals surface area contributed by atoms with Crippen LogP contribution in [0, 0.1) is 5.92 Å². The fourth-order valence-corrected chi connectivity index (χ4v) is 2.03. The molecule has 0 saturated carbocycles. The van der Waals surface area contributed by atoms with Gasteiger partial charge in [-0.1, -0.05) is 6.92 Å². The molecule has 2 unspecified atom stereocenters. The Hall–Kier alpha value is -1.51. The molecule has 8 nitrogen and oxygen atoms in total. The molecule has 0 fully saturated rings. The van der Waals surface area contributed by atoms with Crippen LogP contribution in [0.2, 0.25) is 0 Å². The molecule has 1 aromatic heterocycles. The van der Waals surface area contributed by atoms with Crippen LogP contribution in [-0.2, 0) is 21.2 Å². The molecule has 0 aliphatic heterocycles. The van der Waals surface area contributed by atoms with Crippen molar-refractivity contribution in [1.29, 1.82) is 0 Å². The number of rotatable bonds is 6. The van der Waals surface area contributed by atoms with Crippen LogP contribution < -0.4 is 0 Å². The second kappa shape index (κ2) is 5.42. The lowest BCUT2D eigenvalue weighted by atomic mass is 10.1. The molecule has 0 radical (unpaired) electrons. The van der Waals surface area contributed by atoms with E-state index in [-0.39, 0.29) is 24.7 Å². The van der Waals surface area contributed by atoms with Crippen LogP contribution in [0.25, 0.3) is 0 Å². The second-order valence-corrected chi connectivity index (χ2v) is 6.76. The van der Waals surface area contributed by atoms with Gasteiger partial charge in [-0.3, -0.25) is 4.79 Å². The number of hydrogen-bond acceptors (Lipinski definition) is 6. The van der Waals surface area contributed by atoms with Crippen molar-refractivity contribution in [1.82, 2.24) is 20.2 Å². The normalized spacial score (nSPS) is 15.3. The second-order valence-electron chi connectivity index (χ2n) is 4.39. The summed E-state index contributed by atoms with van der Waals surface area (Å²) >= 11 is 0. The number of carboxylic acid groups (broad SMARTS) is 1. The van der Waals surface area contributed by atoms with Gasteiger partial charge in [-0.05, 0) is 23.3 Å². The van der Waals surface area contributed by atoms with E-state index in [0.717, 1.165) is 6.26 Å². The van der Waals surface area contributed by atoms with E-state index in [1.165, 1.54) is 11.6 Å². The minimum absolute atomic E-state index is 0.0213. The summed E-state index contributed by atoms with van der Waals surface area (Å²) in [6, 6.07) is 0. The van der Waals surface area contributed by atoms with Crippen molar-refractivity contribution < 1.29 is 18.3 Å². The Morgan fingerprint density at radius 2 is 2.06 bits per heavy atom. The van der Waals surface area contributed by atoms with Crippen LogP contribution in [0.4, 0.5) is 0 Å². The highest BCUT2D eigenvalue weighted by atomic mass is 32.2. The van der Waals surface area contributed by atoms with Gasteiger partial charge in [0.05, 0.1) is 0 Å². The number of aliphatic carboxylic acids is 1. The van der Waals surface area contributed by atoms with E-state index >= 15 is 0 Å². The van der Waals surface area contributed by atoms with Gasteiger partial charge in [0.2, 0.25) is 0 Å². The minimum atomic E-state index is -3.29. The molecule has 0 aliphatic carbocycles. The third kappa shape index (κ3) is 3.76. The quantitative estimate of drug-likeness (QED) is 0.770. The summed E-state index contributed by atoms with van der Waals surface area (Å²) < 4.78 is 24.2. The Morgan fingerprint density at radius 3 is 2.56 bits per heavy atom. The molecule has 1 N–H and O–H groups in total. The Morgan fingerprint density at radius 1 is 1.44 bits per heavy atom. The van der Waals surface area contributed by atoms with Crippen LogP contribution in [0.1, 0.15) is 31.3 Å². The van der Waals surface area contributed by atoms with E-state index in [1.54, 1.807) is 6.92 Å². The molecule has 18 heavy (non-hydrogen) atoms. The fraction of sp³-hybridized carbons (Fsp3) is 0.778. The van der Waals surface area contributed by atoms with Gasteiger partial charge < -0.3 is 5.11 Å². The number of tetrazole rings is 1. The summed E-state index contributed by atoms with van der Waals surface area (Å²) in [6.45, 7) is 3.51. The average molecular weight is 276 g/mol. The van der Waals surface area contributed by atoms with Crippen LogP contribution in [-0.4, -0.2) is 46.0 Å². The van der Waals surface area contributed by atoms with Crippen molar-refractivity contribution in [3.8, 4) is 0 Å². The van der Waals surface area contributed by atoms with Gasteiger partial charge in [-0.2, -0.15) is 0 Å². The van der Waals surface area contributed by atoms with Gasteiger partial charge in [0.25, 0.3) is 0 Å². The number of hydrogen-bond donors (Lipinski definition) is 1. The molecule has 2 atom stereocenters. The van der Waals surface area contributed by atoms with Crippen LogP contribution in [0.15, 0.2) is 0 Å². The summed E-state index contributed by atoms with van der Waals surface area (Å²) in [5.41, 5.74) is 0. The van der Waals surface area contributed by atoms with Gasteiger partial charge >= 0.3 is 5.97 Å². The average Bonchev–Trinajstić information content (AvgIpc) is 2.61. The molecule has 1 aromatic rings. The first-order valence-corrected chi connectivity index (χ1v) is 7.34. The lowest BCUT2D eigenvalue weighted by Gasteiger charge is -2.12. The maximum Gasteiger partial charge on any atom is 0.303 e. The molecule has 9 heteroatoms. The largest absolute Gasteiger partial charge is 0.481 e. The van der Waals surface area contributed by atoms with Crippen molar-refractivity contribution in [3.05, 3.63) is 5.82 Å². The monoisotopic (exact) mass is 276 g/mol. The lowest BCUT2D eigenvalue weighted by Crippen LogP contribution is -2.19. The third-order valence-electron chi connectivity index (χ3n) is 2.57. The predicted molar refractivity (Wildman–Crippen MR) is 62.5 cm³/mol. The Labute approximate surface area is 105 Å². The lowest BCUT2D eigenvalue weighted by molar-refractivity contribution is -0.138. The number of carboxylic acids is 1. The van der Waals surface area contributed by atoms with Gasteiger partial charge in [-0.25, -0.2) is 13.1 Å². The Kier molecular flexibility index (Phi) is 4.38. The summed E-state index contributed by atoms with van der Waals surface area (Å²) in [5, 5.41) is 18.7. The zero-order chi connectivity index (χ0) is 13.9. The molecule has 0 saturated heterocycles. The Balaban J connectivity index is 2.87. The maximum absolute atomic E-state index is 11.4. The van der Waals surface area contributed by atoms with Crippen molar-refractivity contribution in [2.24, 2.45) is 5.92 Å². The number of carbonyl (C=O) groups is 1. The zero-order valence-electron chi connectivity index (χ0n) is 10.4. The first-order valence-electron chi connectivity index (χ1n) is 5.38. The van der Waals surface area contributed by atoms with Crippen molar-refractivity contribution in [3.63, 3.8) is 0 Å². The topological polar surface area (TPSA) is 115 Å². The van der Waals surface area contributed by atoms with E-state index in [4.69, 9.17) is 5.11 Å². The molecule has 1 rings (SSSR count). The molecule has 1 heterocycles. The van der Waals surface area contributed by atoms with Gasteiger partial charge in [-0.15, -0.1) is 5.10 Å². The summed E-state index contributed by atoms with van der Waals surface area (Å²) in [5.74, 6) is -0.862. The molecular weight excluding hydrogens is 260 g/mol. The third-order valence-corrected chi connectivity index (χ3v) is 4.07. The number of nitrogens with zero attached hydrogens (tertiary/aromatic N) is 4. The van der Waals surface area contributed by atoms with Gasteiger partial charge in [0.15, 0.2) is 15.7 Å². The molecule has 0 amide bonds. The molecular formula is C9H16N4O4S. The maximum atomic E-state index is 11.4. The fourth-order valence-electron chi connectivity index (χ4n) is 1.48. The summed E-state index contributed by atoms with van der Waals surface area (Å²) in [6.07, 6.45) is 1.09. The van der Waals surface area contributed by atoms with Crippen molar-refractivity contribution in [2.45, 2.75) is 32.1 Å². The summed E-state index contributed by atoms with van der Waals surface area (Å²) in [7, 11) is -3.29. The molecule has 0 bridgehead atoms. The van der Waals surface area contributed by atoms with E-state index in [9.17, 15) is 13.2 Å². The summed E-state index contributed by atoms with van der Waals surface area (Å²) in [4.78, 5) is 10.6. The first kappa shape index (κ1) is 14.6. The van der Waals surface area contributed by atoms with E-state index in [0.29, 0.717) is 0 Å².